The molecular formula is C25H26F2N8O. The summed E-state index contributed by atoms with van der Waals surface area (Å²) in [6.07, 6.45) is 1.64. The number of carbonyl (C=O) groups excluding carboxylic acids is 1. The fourth-order valence-corrected chi connectivity index (χ4v) is 4.63. The van der Waals surface area contributed by atoms with Crippen molar-refractivity contribution in [2.45, 2.75) is 39.8 Å². The summed E-state index contributed by atoms with van der Waals surface area (Å²) in [5.74, 6) is -0.0266. The summed E-state index contributed by atoms with van der Waals surface area (Å²) in [6, 6.07) is 6.60. The van der Waals surface area contributed by atoms with E-state index in [0.29, 0.717) is 36.7 Å². The second-order valence-corrected chi connectivity index (χ2v) is 9.04. The van der Waals surface area contributed by atoms with Gasteiger partial charge in [0.2, 0.25) is 11.9 Å². The van der Waals surface area contributed by atoms with Crippen molar-refractivity contribution in [1.29, 1.82) is 0 Å². The van der Waals surface area contributed by atoms with Crippen LogP contribution in [0.1, 0.15) is 37.0 Å². The summed E-state index contributed by atoms with van der Waals surface area (Å²) in [5, 5.41) is 3.01. The Hall–Kier alpha value is -3.99. The Morgan fingerprint density at radius 3 is 2.72 bits per heavy atom. The van der Waals surface area contributed by atoms with Crippen LogP contribution in [0, 0.1) is 18.6 Å². The molecule has 36 heavy (non-hydrogen) atoms. The number of hydrogen-bond donors (Lipinski definition) is 2. The smallest absolute Gasteiger partial charge is 0.236 e. The predicted octanol–water partition coefficient (Wildman–Crippen LogP) is 3.64. The zero-order valence-corrected chi connectivity index (χ0v) is 20.2. The highest BCUT2D eigenvalue weighted by molar-refractivity contribution is 5.83. The largest absolute Gasteiger partial charge is 0.337 e. The average Bonchev–Trinajstić information content (AvgIpc) is 3.21. The molecule has 1 aliphatic heterocycles. The number of hydrogen-bond acceptors (Lipinski definition) is 7. The van der Waals surface area contributed by atoms with Gasteiger partial charge in [0.05, 0.1) is 18.3 Å². The van der Waals surface area contributed by atoms with Crippen LogP contribution in [0.3, 0.4) is 0 Å². The number of anilines is 2. The Bertz CT molecular complexity index is 1480. The molecule has 0 unspecified atom stereocenters. The lowest BCUT2D eigenvalue weighted by atomic mass is 10.1. The molecule has 4 heterocycles. The predicted molar refractivity (Wildman–Crippen MR) is 131 cm³/mol. The molecule has 4 aromatic rings. The third-order valence-corrected chi connectivity index (χ3v) is 6.27. The number of amides is 1. The van der Waals surface area contributed by atoms with Crippen LogP contribution in [-0.2, 0) is 17.8 Å². The van der Waals surface area contributed by atoms with Gasteiger partial charge in [-0.2, -0.15) is 0 Å². The molecule has 11 heteroatoms. The maximum atomic E-state index is 14.9. The Labute approximate surface area is 206 Å². The van der Waals surface area contributed by atoms with Crippen molar-refractivity contribution in [2.75, 3.05) is 18.4 Å². The van der Waals surface area contributed by atoms with Crippen LogP contribution in [0.4, 0.5) is 20.5 Å². The van der Waals surface area contributed by atoms with Crippen LogP contribution in [0.5, 0.6) is 0 Å². The molecule has 1 aromatic carbocycles. The molecule has 3 N–H and O–H groups in total. The molecule has 9 nitrogen and oxygen atoms in total. The molecule has 0 spiro atoms. The van der Waals surface area contributed by atoms with Crippen molar-refractivity contribution < 1.29 is 13.6 Å². The summed E-state index contributed by atoms with van der Waals surface area (Å²) in [7, 11) is 0. The molecule has 5 rings (SSSR count). The van der Waals surface area contributed by atoms with Crippen LogP contribution < -0.4 is 11.1 Å². The van der Waals surface area contributed by atoms with Gasteiger partial charge in [-0.1, -0.05) is 6.07 Å². The summed E-state index contributed by atoms with van der Waals surface area (Å²) < 4.78 is 31.6. The number of nitrogens with zero attached hydrogens (tertiary/aromatic N) is 6. The standard InChI is InChI=1S/C25H26F2N8O/c1-13(2)35-14(3)30-24-17(26)8-16(9-20(24)35)23-18(27)11-29-25(33-23)32-21-5-4-15-12-34(22(36)10-28)7-6-19(15)31-21/h4-5,8-9,11,13H,6-7,10,12,28H2,1-3H3,(H,29,31,32,33). The van der Waals surface area contributed by atoms with E-state index < -0.39 is 11.6 Å². The van der Waals surface area contributed by atoms with Gasteiger partial charge in [0.25, 0.3) is 0 Å². The molecule has 0 radical (unpaired) electrons. The fourth-order valence-electron chi connectivity index (χ4n) is 4.63. The number of nitrogens with one attached hydrogen (secondary N) is 1. The van der Waals surface area contributed by atoms with Gasteiger partial charge in [0.1, 0.15) is 22.9 Å². The number of nitrogens with two attached hydrogens (primary N) is 1. The van der Waals surface area contributed by atoms with Gasteiger partial charge < -0.3 is 20.5 Å². The number of rotatable bonds is 5. The molecule has 0 bridgehead atoms. The lowest BCUT2D eigenvalue weighted by Crippen LogP contribution is -2.39. The van der Waals surface area contributed by atoms with Gasteiger partial charge in [0, 0.05) is 36.8 Å². The van der Waals surface area contributed by atoms with Crippen molar-refractivity contribution >= 4 is 28.7 Å². The van der Waals surface area contributed by atoms with Crippen LogP contribution in [0.15, 0.2) is 30.5 Å². The molecule has 0 saturated heterocycles. The number of benzene rings is 1. The molecule has 0 fully saturated rings. The van der Waals surface area contributed by atoms with Crippen LogP contribution in [-0.4, -0.2) is 48.4 Å². The minimum Gasteiger partial charge on any atom is -0.337 e. The molecule has 0 saturated carbocycles. The maximum absolute atomic E-state index is 14.9. The normalized spacial score (nSPS) is 13.4. The Kier molecular flexibility index (Phi) is 6.09. The first-order valence-corrected chi connectivity index (χ1v) is 11.7. The SMILES string of the molecule is Cc1nc2c(F)cc(-c3nc(Nc4ccc5c(n4)CCN(C(=O)CN)C5)ncc3F)cc2n1C(C)C. The maximum Gasteiger partial charge on any atom is 0.236 e. The Morgan fingerprint density at radius 1 is 1.17 bits per heavy atom. The topological polar surface area (TPSA) is 115 Å². The van der Waals surface area contributed by atoms with E-state index in [-0.39, 0.29) is 41.2 Å². The van der Waals surface area contributed by atoms with E-state index >= 15 is 0 Å². The minimum atomic E-state index is -0.672. The number of carbonyl (C=O) groups is 1. The van der Waals surface area contributed by atoms with Gasteiger partial charge in [0.15, 0.2) is 11.6 Å². The quantitative estimate of drug-likeness (QED) is 0.437. The number of aryl methyl sites for hydroxylation is 1. The van der Waals surface area contributed by atoms with Gasteiger partial charge in [-0.05, 0) is 44.5 Å². The third-order valence-electron chi connectivity index (χ3n) is 6.27. The van der Waals surface area contributed by atoms with E-state index in [0.717, 1.165) is 17.5 Å². The summed E-state index contributed by atoms with van der Waals surface area (Å²) >= 11 is 0. The third kappa shape index (κ3) is 4.26. The lowest BCUT2D eigenvalue weighted by molar-refractivity contribution is -0.130. The Morgan fingerprint density at radius 2 is 1.97 bits per heavy atom. The highest BCUT2D eigenvalue weighted by Gasteiger charge is 2.22. The first kappa shape index (κ1) is 23.7. The van der Waals surface area contributed by atoms with E-state index in [1.807, 2.05) is 31.4 Å². The second-order valence-electron chi connectivity index (χ2n) is 9.04. The molecule has 186 valence electrons. The van der Waals surface area contributed by atoms with E-state index in [9.17, 15) is 13.6 Å². The van der Waals surface area contributed by atoms with Crippen molar-refractivity contribution in [3.05, 3.63) is 59.2 Å². The molecule has 0 aliphatic carbocycles. The highest BCUT2D eigenvalue weighted by Crippen LogP contribution is 2.30. The minimum absolute atomic E-state index is 0.0249. The van der Waals surface area contributed by atoms with Crippen molar-refractivity contribution in [3.8, 4) is 11.3 Å². The van der Waals surface area contributed by atoms with Crippen LogP contribution in [0.2, 0.25) is 0 Å². The summed E-state index contributed by atoms with van der Waals surface area (Å²) in [4.78, 5) is 30.9. The lowest BCUT2D eigenvalue weighted by Gasteiger charge is -2.28. The van der Waals surface area contributed by atoms with Crippen molar-refractivity contribution in [1.82, 2.24) is 29.4 Å². The first-order valence-electron chi connectivity index (χ1n) is 11.7. The number of halogens is 2. The second kappa shape index (κ2) is 9.23. The van der Waals surface area contributed by atoms with E-state index in [1.54, 1.807) is 17.0 Å². The van der Waals surface area contributed by atoms with E-state index in [1.165, 1.54) is 6.07 Å². The fraction of sp³-hybridized carbons (Fsp3) is 0.320. The number of aromatic nitrogens is 5. The van der Waals surface area contributed by atoms with Crippen LogP contribution >= 0.6 is 0 Å². The van der Waals surface area contributed by atoms with Gasteiger partial charge >= 0.3 is 0 Å². The average molecular weight is 493 g/mol. The highest BCUT2D eigenvalue weighted by atomic mass is 19.1. The summed E-state index contributed by atoms with van der Waals surface area (Å²) in [5.41, 5.74) is 8.33. The zero-order valence-electron chi connectivity index (χ0n) is 20.2. The monoisotopic (exact) mass is 492 g/mol. The molecule has 3 aromatic heterocycles. The molecule has 0 atom stereocenters. The molecule has 1 aliphatic rings. The number of imidazole rings is 1. The van der Waals surface area contributed by atoms with Gasteiger partial charge in [-0.3, -0.25) is 4.79 Å². The number of pyridine rings is 1. The van der Waals surface area contributed by atoms with Gasteiger partial charge in [-0.25, -0.2) is 28.7 Å². The first-order chi connectivity index (χ1) is 17.2. The van der Waals surface area contributed by atoms with E-state index in [2.05, 4.69) is 25.3 Å². The van der Waals surface area contributed by atoms with Crippen LogP contribution in [0.25, 0.3) is 22.3 Å². The zero-order chi connectivity index (χ0) is 25.6. The van der Waals surface area contributed by atoms with Gasteiger partial charge in [-0.15, -0.1) is 0 Å². The Balaban J connectivity index is 1.46. The van der Waals surface area contributed by atoms with Crippen molar-refractivity contribution in [2.24, 2.45) is 5.73 Å². The molecular weight excluding hydrogens is 466 g/mol. The van der Waals surface area contributed by atoms with Crippen molar-refractivity contribution in [3.63, 3.8) is 0 Å². The van der Waals surface area contributed by atoms with E-state index in [4.69, 9.17) is 5.73 Å². The number of fused-ring (bicyclic) bond motifs is 2. The molecule has 1 amide bonds. The summed E-state index contributed by atoms with van der Waals surface area (Å²) in [6.45, 7) is 6.73.